The van der Waals surface area contributed by atoms with Crippen molar-refractivity contribution in [2.45, 2.75) is 463 Å². The van der Waals surface area contributed by atoms with Crippen LogP contribution in [0.3, 0.4) is 0 Å². The Morgan fingerprint density at radius 1 is 0.174 bits per heavy atom. The van der Waals surface area contributed by atoms with Crippen molar-refractivity contribution in [3.63, 3.8) is 0 Å². The van der Waals surface area contributed by atoms with Crippen LogP contribution in [0.2, 0.25) is 0 Å². The zero-order chi connectivity index (χ0) is 62.8. The van der Waals surface area contributed by atoms with Gasteiger partial charge in [-0.1, -0.05) is 430 Å². The molecular formula is C72H147Fe2O9P3. The summed E-state index contributed by atoms with van der Waals surface area (Å²) < 4.78 is 34.7. The number of hydrogen-bond acceptors (Lipinski definition) is 9. The fraction of sp³-hybridized carbons (Fsp3) is 1.00. The molecule has 9 nitrogen and oxygen atoms in total. The van der Waals surface area contributed by atoms with Gasteiger partial charge < -0.3 is 43.1 Å². The van der Waals surface area contributed by atoms with Crippen LogP contribution in [0.1, 0.15) is 446 Å². The molecule has 0 aromatic carbocycles. The third kappa shape index (κ3) is 77.9. The van der Waals surface area contributed by atoms with Crippen molar-refractivity contribution in [2.75, 3.05) is 0 Å². The molecule has 3 atom stereocenters. The van der Waals surface area contributed by atoms with E-state index in [1.54, 1.807) is 0 Å². The molecule has 3 unspecified atom stereocenters. The van der Waals surface area contributed by atoms with Gasteiger partial charge in [-0.05, 0) is 55.5 Å². The first-order valence-electron chi connectivity index (χ1n) is 37.6. The van der Waals surface area contributed by atoms with Crippen LogP contribution in [0.4, 0.5) is 0 Å². The van der Waals surface area contributed by atoms with Crippen LogP contribution >= 0.6 is 22.8 Å². The fourth-order valence-corrected chi connectivity index (χ4v) is 15.0. The molecule has 0 bridgehead atoms. The van der Waals surface area contributed by atoms with E-state index in [4.69, 9.17) is 0 Å². The van der Waals surface area contributed by atoms with Gasteiger partial charge in [-0.2, -0.15) is 0 Å². The normalized spacial score (nSPS) is 12.8. The molecule has 0 N–H and O–H groups in total. The molecule has 520 valence electrons. The van der Waals surface area contributed by atoms with Crippen LogP contribution < -0.4 is 29.4 Å². The quantitative estimate of drug-likeness (QED) is 0.0324. The van der Waals surface area contributed by atoms with Crippen LogP contribution in [-0.4, -0.2) is 17.0 Å². The van der Waals surface area contributed by atoms with Crippen LogP contribution in [-0.2, 0) is 47.8 Å². The Morgan fingerprint density at radius 3 is 0.337 bits per heavy atom. The second kappa shape index (κ2) is 75.5. The average molecular weight is 1360 g/mol. The minimum atomic E-state index is -4.43. The number of rotatable bonds is 66. The summed E-state index contributed by atoms with van der Waals surface area (Å²) in [6, 6.07) is 0. The molecule has 0 aliphatic heterocycles. The topological polar surface area (TPSA) is 190 Å². The van der Waals surface area contributed by atoms with E-state index in [9.17, 15) is 43.1 Å². The van der Waals surface area contributed by atoms with Crippen LogP contribution in [0.5, 0.6) is 0 Å². The summed E-state index contributed by atoms with van der Waals surface area (Å²) in [5, 5.41) is 0. The van der Waals surface area contributed by atoms with E-state index in [2.05, 4.69) is 41.5 Å². The maximum atomic E-state index is 11.6. The van der Waals surface area contributed by atoms with Gasteiger partial charge >= 0.3 is 34.1 Å². The monoisotopic (exact) mass is 1360 g/mol. The molecule has 0 saturated heterocycles. The number of unbranched alkanes of at least 4 members (excludes halogenated alkanes) is 51. The van der Waals surface area contributed by atoms with Crippen molar-refractivity contribution >= 4 is 22.8 Å². The van der Waals surface area contributed by atoms with Gasteiger partial charge in [0.05, 0.1) is 0 Å². The van der Waals surface area contributed by atoms with Crippen LogP contribution in [0, 0.1) is 0 Å². The van der Waals surface area contributed by atoms with E-state index < -0.39 is 39.8 Å². The zero-order valence-corrected chi connectivity index (χ0v) is 62.9. The predicted octanol–water partition coefficient (Wildman–Crippen LogP) is 22.5. The van der Waals surface area contributed by atoms with E-state index in [-0.39, 0.29) is 34.1 Å². The molecular weight excluding hydrogens is 1210 g/mol. The van der Waals surface area contributed by atoms with E-state index in [1.165, 1.54) is 289 Å². The SMILES string of the molecule is CCCCCCCCCCCCC(CCCCCCCCCCC)P(=O)([O-])[O-].CCCCCCCCCCCCC(CCCCCCCCCCC)P(=O)([O-])[O-].CCCCCCCCCCCCC(CCCCCCCCCCC)P(=O)([O-])[O-].[Fe+3].[Fe+3]. The molecule has 0 aromatic heterocycles. The van der Waals surface area contributed by atoms with Crippen molar-refractivity contribution in [3.05, 3.63) is 0 Å². The van der Waals surface area contributed by atoms with Crippen molar-refractivity contribution in [1.82, 2.24) is 0 Å². The van der Waals surface area contributed by atoms with Gasteiger partial charge in [-0.3, -0.25) is 0 Å². The van der Waals surface area contributed by atoms with Gasteiger partial charge in [0.25, 0.3) is 0 Å². The van der Waals surface area contributed by atoms with Gasteiger partial charge in [-0.25, -0.2) is 0 Å². The Balaban J connectivity index is -0.000000377. The molecule has 0 fully saturated rings. The Hall–Kier alpha value is 1.49. The second-order valence-corrected chi connectivity index (χ2v) is 31.8. The van der Waals surface area contributed by atoms with E-state index in [0.29, 0.717) is 38.5 Å². The molecule has 0 spiro atoms. The maximum Gasteiger partial charge on any atom is 3.00 e. The molecule has 0 aromatic rings. The Bertz CT molecular complexity index is 1240. The second-order valence-electron chi connectivity index (χ2n) is 26.3. The Kier molecular flexibility index (Phi) is 84.5. The van der Waals surface area contributed by atoms with E-state index in [1.807, 2.05) is 0 Å². The summed E-state index contributed by atoms with van der Waals surface area (Å²) >= 11 is 0. The van der Waals surface area contributed by atoms with E-state index >= 15 is 0 Å². The number of hydrogen-bond donors (Lipinski definition) is 0. The van der Waals surface area contributed by atoms with Crippen LogP contribution in [0.15, 0.2) is 0 Å². The van der Waals surface area contributed by atoms with Crippen molar-refractivity contribution in [3.8, 4) is 0 Å². The summed E-state index contributed by atoms with van der Waals surface area (Å²) in [5.74, 6) is 0. The van der Waals surface area contributed by atoms with Gasteiger partial charge in [0.1, 0.15) is 0 Å². The molecule has 2 radical (unpaired) electrons. The van der Waals surface area contributed by atoms with Gasteiger partial charge in [0, 0.05) is 0 Å². The summed E-state index contributed by atoms with van der Waals surface area (Å²) in [6.45, 7) is 13.4. The first-order chi connectivity index (χ1) is 40.6. The molecule has 0 amide bonds. The van der Waals surface area contributed by atoms with E-state index in [0.717, 1.165) is 77.0 Å². The van der Waals surface area contributed by atoms with Crippen molar-refractivity contribution < 1.29 is 77.2 Å². The van der Waals surface area contributed by atoms with Crippen molar-refractivity contribution in [1.29, 1.82) is 0 Å². The molecule has 86 heavy (non-hydrogen) atoms. The minimum absolute atomic E-state index is 0. The van der Waals surface area contributed by atoms with Gasteiger partial charge in [0.15, 0.2) is 0 Å². The fourth-order valence-electron chi connectivity index (χ4n) is 12.1. The summed E-state index contributed by atoms with van der Waals surface area (Å²) in [6.07, 6.45) is 73.6. The third-order valence-electron chi connectivity index (χ3n) is 17.9. The summed E-state index contributed by atoms with van der Waals surface area (Å²) in [5.41, 5.74) is -1.86. The van der Waals surface area contributed by atoms with Crippen molar-refractivity contribution in [2.24, 2.45) is 0 Å². The molecule has 0 heterocycles. The standard InChI is InChI=1S/3C24H51O3P.2Fe/c3*1-3-5-7-9-11-13-15-17-19-21-23-24(28(25,26)27)22-20-18-16-14-12-10-8-6-4-2;;/h3*24H,3-23H2,1-2H3,(H2,25,26,27);;/q;;;2*+3/p-6. The smallest absolute Gasteiger partial charge is 0.811 e. The zero-order valence-electron chi connectivity index (χ0n) is 58.0. The molecule has 0 rings (SSSR count). The van der Waals surface area contributed by atoms with Crippen LogP contribution in [0.25, 0.3) is 0 Å². The maximum absolute atomic E-state index is 11.6. The van der Waals surface area contributed by atoms with Gasteiger partial charge in [0.2, 0.25) is 0 Å². The first-order valence-corrected chi connectivity index (χ1v) is 42.4. The van der Waals surface area contributed by atoms with Gasteiger partial charge in [-0.15, -0.1) is 0 Å². The Morgan fingerprint density at radius 2 is 0.256 bits per heavy atom. The Labute approximate surface area is 559 Å². The summed E-state index contributed by atoms with van der Waals surface area (Å²) in [7, 11) is -13.3. The average Bonchev–Trinajstić information content (AvgIpc) is 3.66. The molecule has 0 aliphatic rings. The summed E-state index contributed by atoms with van der Waals surface area (Å²) in [4.78, 5) is 69.4. The molecule has 0 saturated carbocycles. The largest absolute Gasteiger partial charge is 3.00 e. The third-order valence-corrected chi connectivity index (χ3v) is 22.2. The molecule has 0 aliphatic carbocycles. The first kappa shape index (κ1) is 96.2. The molecule has 14 heteroatoms. The minimum Gasteiger partial charge on any atom is -0.811 e. The predicted molar refractivity (Wildman–Crippen MR) is 359 cm³/mol.